The van der Waals surface area contributed by atoms with E-state index in [0.717, 1.165) is 30.4 Å². The van der Waals surface area contributed by atoms with Crippen molar-refractivity contribution in [3.8, 4) is 0 Å². The normalized spacial score (nSPS) is 13.5. The Labute approximate surface area is 106 Å². The molecule has 4 nitrogen and oxygen atoms in total. The Kier molecular flexibility index (Phi) is 4.23. The standard InChI is InChI=1S/C12H13NO3.ClH/c1-8(14)9-6-7-12(13(15)16)11-5-3-2-4-10(9)11;/h6-7H,2-5H2,1H3;1H. The van der Waals surface area contributed by atoms with Gasteiger partial charge in [0.25, 0.3) is 5.69 Å². The molecule has 0 amide bonds. The van der Waals surface area contributed by atoms with E-state index >= 15 is 0 Å². The first kappa shape index (κ1) is 13.6. The summed E-state index contributed by atoms with van der Waals surface area (Å²) in [5.41, 5.74) is 2.48. The first-order valence-electron chi connectivity index (χ1n) is 5.41. The van der Waals surface area contributed by atoms with Gasteiger partial charge in [0.1, 0.15) is 0 Å². The van der Waals surface area contributed by atoms with Crippen LogP contribution in [0.5, 0.6) is 0 Å². The van der Waals surface area contributed by atoms with E-state index in [1.807, 2.05) is 0 Å². The van der Waals surface area contributed by atoms with Crippen LogP contribution < -0.4 is 0 Å². The molecule has 0 N–H and O–H groups in total. The summed E-state index contributed by atoms with van der Waals surface area (Å²) in [6.07, 6.45) is 3.47. The Balaban J connectivity index is 0.00000144. The fourth-order valence-corrected chi connectivity index (χ4v) is 2.35. The molecule has 0 radical (unpaired) electrons. The van der Waals surface area contributed by atoms with Crippen molar-refractivity contribution in [1.29, 1.82) is 0 Å². The smallest absolute Gasteiger partial charge is 0.272 e. The van der Waals surface area contributed by atoms with Crippen molar-refractivity contribution < 1.29 is 9.72 Å². The minimum absolute atomic E-state index is 0. The van der Waals surface area contributed by atoms with E-state index in [9.17, 15) is 14.9 Å². The van der Waals surface area contributed by atoms with Gasteiger partial charge in [-0.2, -0.15) is 0 Å². The zero-order chi connectivity index (χ0) is 11.7. The molecule has 92 valence electrons. The number of carbonyl (C=O) groups is 1. The molecule has 0 atom stereocenters. The topological polar surface area (TPSA) is 60.2 Å². The van der Waals surface area contributed by atoms with E-state index in [0.29, 0.717) is 12.0 Å². The molecule has 5 heteroatoms. The van der Waals surface area contributed by atoms with Crippen molar-refractivity contribution in [3.05, 3.63) is 38.9 Å². The highest BCUT2D eigenvalue weighted by atomic mass is 35.5. The maximum Gasteiger partial charge on any atom is 0.272 e. The first-order chi connectivity index (χ1) is 7.61. The third-order valence-corrected chi connectivity index (χ3v) is 3.09. The Hall–Kier alpha value is -1.42. The van der Waals surface area contributed by atoms with Crippen LogP contribution in [0.4, 0.5) is 5.69 Å². The lowest BCUT2D eigenvalue weighted by Gasteiger charge is -2.18. The summed E-state index contributed by atoms with van der Waals surface area (Å²) < 4.78 is 0. The highest BCUT2D eigenvalue weighted by Crippen LogP contribution is 2.32. The van der Waals surface area contributed by atoms with E-state index in [4.69, 9.17) is 0 Å². The van der Waals surface area contributed by atoms with Gasteiger partial charge in [-0.05, 0) is 44.2 Å². The molecule has 0 saturated carbocycles. The van der Waals surface area contributed by atoms with Gasteiger partial charge >= 0.3 is 0 Å². The Morgan fingerprint density at radius 1 is 1.24 bits per heavy atom. The predicted octanol–water partition coefficient (Wildman–Crippen LogP) is 3.10. The minimum atomic E-state index is -0.353. The van der Waals surface area contributed by atoms with Crippen LogP contribution in [-0.2, 0) is 12.8 Å². The van der Waals surface area contributed by atoms with Gasteiger partial charge in [0.15, 0.2) is 5.78 Å². The van der Waals surface area contributed by atoms with Crippen LogP contribution in [0.3, 0.4) is 0 Å². The van der Waals surface area contributed by atoms with Crippen molar-refractivity contribution in [2.24, 2.45) is 0 Å². The van der Waals surface area contributed by atoms with Crippen molar-refractivity contribution >= 4 is 23.9 Å². The number of rotatable bonds is 2. The molecule has 0 unspecified atom stereocenters. The number of benzene rings is 1. The van der Waals surface area contributed by atoms with E-state index in [1.165, 1.54) is 13.0 Å². The van der Waals surface area contributed by atoms with Crippen LogP contribution in [-0.4, -0.2) is 10.7 Å². The van der Waals surface area contributed by atoms with Gasteiger partial charge < -0.3 is 0 Å². The number of nitrogens with zero attached hydrogens (tertiary/aromatic N) is 1. The molecular formula is C12H14ClNO3. The lowest BCUT2D eigenvalue weighted by molar-refractivity contribution is -0.385. The van der Waals surface area contributed by atoms with Crippen molar-refractivity contribution in [1.82, 2.24) is 0 Å². The molecule has 0 aromatic heterocycles. The quantitative estimate of drug-likeness (QED) is 0.463. The molecule has 1 aliphatic rings. The zero-order valence-corrected chi connectivity index (χ0v) is 10.4. The van der Waals surface area contributed by atoms with Gasteiger partial charge in [-0.1, -0.05) is 0 Å². The van der Waals surface area contributed by atoms with Crippen LogP contribution >= 0.6 is 12.4 Å². The Bertz CT molecular complexity index is 428. The fraction of sp³-hybridized carbons (Fsp3) is 0.417. The first-order valence-corrected chi connectivity index (χ1v) is 5.41. The van der Waals surface area contributed by atoms with Gasteiger partial charge in [0.2, 0.25) is 0 Å². The lowest BCUT2D eigenvalue weighted by atomic mass is 9.86. The summed E-state index contributed by atoms with van der Waals surface area (Å²) in [5, 5.41) is 10.9. The van der Waals surface area contributed by atoms with E-state index in [-0.39, 0.29) is 28.8 Å². The van der Waals surface area contributed by atoms with E-state index < -0.39 is 0 Å². The summed E-state index contributed by atoms with van der Waals surface area (Å²) in [4.78, 5) is 22.0. The predicted molar refractivity (Wildman–Crippen MR) is 67.0 cm³/mol. The van der Waals surface area contributed by atoms with Crippen molar-refractivity contribution in [2.75, 3.05) is 0 Å². The van der Waals surface area contributed by atoms with Crippen molar-refractivity contribution in [3.63, 3.8) is 0 Å². The second-order valence-corrected chi connectivity index (χ2v) is 4.11. The molecule has 0 saturated heterocycles. The lowest BCUT2D eigenvalue weighted by Crippen LogP contribution is -2.11. The summed E-state index contributed by atoms with van der Waals surface area (Å²) in [6, 6.07) is 3.05. The molecule has 0 heterocycles. The van der Waals surface area contributed by atoms with Crippen LogP contribution in [0, 0.1) is 10.1 Å². The van der Waals surface area contributed by atoms with Gasteiger partial charge in [-0.3, -0.25) is 14.9 Å². The van der Waals surface area contributed by atoms with Crippen LogP contribution in [0.2, 0.25) is 0 Å². The molecule has 1 aromatic rings. The number of hydrogen-bond donors (Lipinski definition) is 0. The number of ketones is 1. The average Bonchev–Trinajstić information content (AvgIpc) is 2.27. The largest absolute Gasteiger partial charge is 0.295 e. The Morgan fingerprint density at radius 3 is 2.35 bits per heavy atom. The number of carbonyl (C=O) groups excluding carboxylic acids is 1. The molecule has 0 fully saturated rings. The number of halogens is 1. The highest BCUT2D eigenvalue weighted by molar-refractivity contribution is 5.96. The van der Waals surface area contributed by atoms with Gasteiger partial charge in [0, 0.05) is 17.2 Å². The molecular weight excluding hydrogens is 242 g/mol. The zero-order valence-electron chi connectivity index (χ0n) is 9.56. The average molecular weight is 256 g/mol. The SMILES string of the molecule is CC(=O)c1ccc([N+](=O)[O-])c2c1CCCC2.Cl. The number of nitro benzene ring substituents is 1. The molecule has 0 spiro atoms. The molecule has 17 heavy (non-hydrogen) atoms. The van der Waals surface area contributed by atoms with E-state index in [2.05, 4.69) is 0 Å². The summed E-state index contributed by atoms with van der Waals surface area (Å²) in [6.45, 7) is 1.51. The van der Waals surface area contributed by atoms with Crippen LogP contribution in [0.1, 0.15) is 41.3 Å². The van der Waals surface area contributed by atoms with E-state index in [1.54, 1.807) is 6.07 Å². The maximum atomic E-state index is 11.4. The van der Waals surface area contributed by atoms with Gasteiger partial charge in [-0.15, -0.1) is 12.4 Å². The number of hydrogen-bond acceptors (Lipinski definition) is 3. The summed E-state index contributed by atoms with van der Waals surface area (Å²) in [7, 11) is 0. The summed E-state index contributed by atoms with van der Waals surface area (Å²) in [5.74, 6) is -0.00644. The summed E-state index contributed by atoms with van der Waals surface area (Å²) >= 11 is 0. The molecule has 1 aliphatic carbocycles. The molecule has 0 aliphatic heterocycles. The third-order valence-electron chi connectivity index (χ3n) is 3.09. The molecule has 2 rings (SSSR count). The van der Waals surface area contributed by atoms with Crippen molar-refractivity contribution in [2.45, 2.75) is 32.6 Å². The number of nitro groups is 1. The third kappa shape index (κ3) is 2.47. The second kappa shape index (κ2) is 5.27. The van der Waals surface area contributed by atoms with Crippen LogP contribution in [0.25, 0.3) is 0 Å². The number of Topliss-reactive ketones (excluding diaryl/α,β-unsaturated/α-hetero) is 1. The molecule has 0 bridgehead atoms. The van der Waals surface area contributed by atoms with Gasteiger partial charge in [0.05, 0.1) is 4.92 Å². The van der Waals surface area contributed by atoms with Crippen LogP contribution in [0.15, 0.2) is 12.1 Å². The fourth-order valence-electron chi connectivity index (χ4n) is 2.35. The monoisotopic (exact) mass is 255 g/mol. The Morgan fingerprint density at radius 2 is 1.82 bits per heavy atom. The minimum Gasteiger partial charge on any atom is -0.295 e. The maximum absolute atomic E-state index is 11.4. The van der Waals surface area contributed by atoms with Gasteiger partial charge in [-0.25, -0.2) is 0 Å². The molecule has 1 aromatic carbocycles. The second-order valence-electron chi connectivity index (χ2n) is 4.11. The highest BCUT2D eigenvalue weighted by Gasteiger charge is 2.24. The number of fused-ring (bicyclic) bond motifs is 1.